The number of hydrogen-bond donors (Lipinski definition) is 1. The molecule has 1 heterocycles. The van der Waals surface area contributed by atoms with Crippen LogP contribution >= 0.6 is 0 Å². The third-order valence-corrected chi connectivity index (χ3v) is 2.56. The van der Waals surface area contributed by atoms with Crippen LogP contribution in [-0.4, -0.2) is 9.78 Å². The zero-order chi connectivity index (χ0) is 11.5. The van der Waals surface area contributed by atoms with Crippen molar-refractivity contribution in [3.63, 3.8) is 0 Å². The van der Waals surface area contributed by atoms with Gasteiger partial charge in [-0.25, -0.2) is 9.07 Å². The predicted molar refractivity (Wildman–Crippen MR) is 60.8 cm³/mol. The first-order chi connectivity index (χ1) is 7.76. The maximum Gasteiger partial charge on any atom is 0.125 e. The van der Waals surface area contributed by atoms with Crippen molar-refractivity contribution in [1.29, 1.82) is 0 Å². The van der Waals surface area contributed by atoms with Gasteiger partial charge in [-0.15, -0.1) is 0 Å². The van der Waals surface area contributed by atoms with Gasteiger partial charge >= 0.3 is 0 Å². The van der Waals surface area contributed by atoms with Gasteiger partial charge in [0.1, 0.15) is 5.82 Å². The molecule has 0 radical (unpaired) electrons. The number of nitrogens with two attached hydrogens (primary N) is 1. The third-order valence-electron chi connectivity index (χ3n) is 2.56. The number of nitrogens with zero attached hydrogens (tertiary/aromatic N) is 2. The summed E-state index contributed by atoms with van der Waals surface area (Å²) in [6.45, 7) is 2.49. The number of hydrogen-bond acceptors (Lipinski definition) is 2. The monoisotopic (exact) mass is 219 g/mol. The van der Waals surface area contributed by atoms with E-state index in [-0.39, 0.29) is 5.82 Å². The fourth-order valence-corrected chi connectivity index (χ4v) is 1.79. The average molecular weight is 219 g/mol. The molecule has 3 nitrogen and oxygen atoms in total. The molecular weight excluding hydrogens is 205 g/mol. The third kappa shape index (κ3) is 1.84. The second-order valence-electron chi connectivity index (χ2n) is 3.57. The molecule has 0 amide bonds. The number of rotatable bonds is 3. The van der Waals surface area contributed by atoms with Gasteiger partial charge in [0.25, 0.3) is 0 Å². The summed E-state index contributed by atoms with van der Waals surface area (Å²) in [5, 5.41) is 4.24. The fraction of sp³-hybridized carbons (Fsp3) is 0.250. The molecule has 0 atom stereocenters. The van der Waals surface area contributed by atoms with Gasteiger partial charge in [0, 0.05) is 17.8 Å². The molecule has 0 aliphatic heterocycles. The largest absolute Gasteiger partial charge is 0.326 e. The molecular formula is C12H14FN3. The van der Waals surface area contributed by atoms with Crippen molar-refractivity contribution in [1.82, 2.24) is 9.78 Å². The van der Waals surface area contributed by atoms with Crippen LogP contribution in [-0.2, 0) is 13.0 Å². The predicted octanol–water partition coefficient (Wildman–Crippen LogP) is 2.03. The summed E-state index contributed by atoms with van der Waals surface area (Å²) >= 11 is 0. The molecule has 16 heavy (non-hydrogen) atoms. The second-order valence-corrected chi connectivity index (χ2v) is 3.57. The molecule has 0 bridgehead atoms. The molecule has 0 aliphatic rings. The lowest BCUT2D eigenvalue weighted by Gasteiger charge is -2.07. The molecule has 0 saturated carbocycles. The Morgan fingerprint density at radius 2 is 2.25 bits per heavy atom. The van der Waals surface area contributed by atoms with E-state index in [2.05, 4.69) is 5.10 Å². The average Bonchev–Trinajstić information content (AvgIpc) is 2.71. The minimum absolute atomic E-state index is 0.260. The van der Waals surface area contributed by atoms with Crippen molar-refractivity contribution in [2.75, 3.05) is 0 Å². The Labute approximate surface area is 93.7 Å². The van der Waals surface area contributed by atoms with Crippen LogP contribution in [0.2, 0.25) is 0 Å². The molecule has 2 aromatic rings. The van der Waals surface area contributed by atoms with E-state index in [1.165, 1.54) is 12.1 Å². The Hall–Kier alpha value is -1.68. The molecule has 0 saturated heterocycles. The molecule has 4 heteroatoms. The highest BCUT2D eigenvalue weighted by atomic mass is 19.1. The van der Waals surface area contributed by atoms with Gasteiger partial charge in [0.2, 0.25) is 0 Å². The van der Waals surface area contributed by atoms with E-state index < -0.39 is 0 Å². The second kappa shape index (κ2) is 4.45. The van der Waals surface area contributed by atoms with E-state index in [9.17, 15) is 4.39 Å². The quantitative estimate of drug-likeness (QED) is 0.858. The van der Waals surface area contributed by atoms with E-state index in [1.54, 1.807) is 16.9 Å². The van der Waals surface area contributed by atoms with Gasteiger partial charge in [0.05, 0.1) is 11.9 Å². The Morgan fingerprint density at radius 3 is 2.88 bits per heavy atom. The van der Waals surface area contributed by atoms with Gasteiger partial charge in [-0.3, -0.25) is 0 Å². The van der Waals surface area contributed by atoms with Crippen LogP contribution in [0.4, 0.5) is 4.39 Å². The highest BCUT2D eigenvalue weighted by Crippen LogP contribution is 2.16. The van der Waals surface area contributed by atoms with Gasteiger partial charge in [-0.2, -0.15) is 5.10 Å². The van der Waals surface area contributed by atoms with E-state index in [4.69, 9.17) is 5.73 Å². The van der Waals surface area contributed by atoms with E-state index >= 15 is 0 Å². The molecule has 0 spiro atoms. The lowest BCUT2D eigenvalue weighted by Crippen LogP contribution is -2.05. The number of aromatic nitrogens is 2. The van der Waals surface area contributed by atoms with Crippen molar-refractivity contribution < 1.29 is 4.39 Å². The van der Waals surface area contributed by atoms with Gasteiger partial charge in [0.15, 0.2) is 0 Å². The maximum absolute atomic E-state index is 13.1. The van der Waals surface area contributed by atoms with E-state index in [0.29, 0.717) is 6.54 Å². The van der Waals surface area contributed by atoms with Crippen LogP contribution in [0.5, 0.6) is 0 Å². The van der Waals surface area contributed by atoms with E-state index in [0.717, 1.165) is 23.4 Å². The Balaban J connectivity index is 2.51. The molecule has 2 N–H and O–H groups in total. The Bertz CT molecular complexity index is 491. The molecule has 0 unspecified atom stereocenters. The van der Waals surface area contributed by atoms with Gasteiger partial charge in [-0.1, -0.05) is 13.0 Å². The molecule has 0 fully saturated rings. The smallest absolute Gasteiger partial charge is 0.125 e. The van der Waals surface area contributed by atoms with Crippen LogP contribution in [0.25, 0.3) is 5.69 Å². The Morgan fingerprint density at radius 1 is 1.44 bits per heavy atom. The van der Waals surface area contributed by atoms with Crippen molar-refractivity contribution >= 4 is 0 Å². The summed E-state index contributed by atoms with van der Waals surface area (Å²) in [5.41, 5.74) is 8.39. The summed E-state index contributed by atoms with van der Waals surface area (Å²) in [6, 6.07) is 6.39. The number of benzene rings is 1. The van der Waals surface area contributed by atoms with Crippen LogP contribution < -0.4 is 5.73 Å². The zero-order valence-electron chi connectivity index (χ0n) is 9.15. The van der Waals surface area contributed by atoms with Crippen molar-refractivity contribution in [2.24, 2.45) is 5.73 Å². The highest BCUT2D eigenvalue weighted by Gasteiger charge is 2.09. The maximum atomic E-state index is 13.1. The molecule has 0 aliphatic carbocycles. The minimum Gasteiger partial charge on any atom is -0.326 e. The van der Waals surface area contributed by atoms with E-state index in [1.807, 2.05) is 13.0 Å². The SMILES string of the molecule is CCc1c(CN)cnn1-c1cccc(F)c1. The van der Waals surface area contributed by atoms with Gasteiger partial charge < -0.3 is 5.73 Å². The summed E-state index contributed by atoms with van der Waals surface area (Å²) in [4.78, 5) is 0. The lowest BCUT2D eigenvalue weighted by molar-refractivity contribution is 0.624. The fourth-order valence-electron chi connectivity index (χ4n) is 1.79. The van der Waals surface area contributed by atoms with Crippen LogP contribution in [0.15, 0.2) is 30.5 Å². The minimum atomic E-state index is -0.260. The summed E-state index contributed by atoms with van der Waals surface area (Å²) < 4.78 is 14.9. The van der Waals surface area contributed by atoms with Crippen molar-refractivity contribution in [3.8, 4) is 5.69 Å². The molecule has 2 rings (SSSR count). The Kier molecular flexibility index (Phi) is 3.01. The molecule has 1 aromatic carbocycles. The van der Waals surface area contributed by atoms with Crippen molar-refractivity contribution in [3.05, 3.63) is 47.5 Å². The standard InChI is InChI=1S/C12H14FN3/c1-2-12-9(7-14)8-15-16(12)11-5-3-4-10(13)6-11/h3-6,8H,2,7,14H2,1H3. The summed E-state index contributed by atoms with van der Waals surface area (Å²) in [7, 11) is 0. The summed E-state index contributed by atoms with van der Waals surface area (Å²) in [6.07, 6.45) is 2.56. The summed E-state index contributed by atoms with van der Waals surface area (Å²) in [5.74, 6) is -0.260. The number of halogens is 1. The molecule has 1 aromatic heterocycles. The first-order valence-corrected chi connectivity index (χ1v) is 5.28. The van der Waals surface area contributed by atoms with Gasteiger partial charge in [-0.05, 0) is 24.6 Å². The van der Waals surface area contributed by atoms with Crippen molar-refractivity contribution in [2.45, 2.75) is 19.9 Å². The lowest BCUT2D eigenvalue weighted by atomic mass is 10.2. The first kappa shape index (κ1) is 10.8. The molecule has 84 valence electrons. The topological polar surface area (TPSA) is 43.8 Å². The van der Waals surface area contributed by atoms with Crippen LogP contribution in [0, 0.1) is 5.82 Å². The first-order valence-electron chi connectivity index (χ1n) is 5.28. The highest BCUT2D eigenvalue weighted by molar-refractivity contribution is 5.35. The normalized spacial score (nSPS) is 10.7. The van der Waals surface area contributed by atoms with Crippen LogP contribution in [0.1, 0.15) is 18.2 Å². The van der Waals surface area contributed by atoms with Crippen LogP contribution in [0.3, 0.4) is 0 Å². The zero-order valence-corrected chi connectivity index (χ0v) is 9.15.